The van der Waals surface area contributed by atoms with E-state index in [0.29, 0.717) is 11.5 Å². The summed E-state index contributed by atoms with van der Waals surface area (Å²) in [6.07, 6.45) is 0.218. The molecule has 0 N–H and O–H groups in total. The molecule has 2 heterocycles. The van der Waals surface area contributed by atoms with Crippen LogP contribution in [0.1, 0.15) is 12.8 Å². The smallest absolute Gasteiger partial charge is 0.327 e. The molecule has 0 aromatic heterocycles. The lowest BCUT2D eigenvalue weighted by molar-refractivity contribution is -0.153. The van der Waals surface area contributed by atoms with Crippen LogP contribution < -0.4 is 0 Å². The van der Waals surface area contributed by atoms with E-state index in [1.165, 1.54) is 23.5 Å². The number of thioether (sulfide) groups is 2. The first-order valence-electron chi connectivity index (χ1n) is 5.28. The number of ether oxygens (including phenoxy) is 2. The van der Waals surface area contributed by atoms with Gasteiger partial charge in [0.1, 0.15) is 10.5 Å². The summed E-state index contributed by atoms with van der Waals surface area (Å²) in [4.78, 5) is 43.9. The number of hydrogen-bond acceptors (Lipinski definition) is 8. The SMILES string of the molecule is O=C1CC(SCCSC2CC(=O)OC2=O)C(=O)O1. The largest absolute Gasteiger partial charge is 0.392 e. The molecule has 2 saturated heterocycles. The minimum Gasteiger partial charge on any atom is -0.392 e. The molecule has 98 valence electrons. The third-order valence-corrected chi connectivity index (χ3v) is 5.04. The van der Waals surface area contributed by atoms with Crippen molar-refractivity contribution in [2.75, 3.05) is 11.5 Å². The summed E-state index contributed by atoms with van der Waals surface area (Å²) in [6.45, 7) is 0. The Morgan fingerprint density at radius 2 is 1.22 bits per heavy atom. The van der Waals surface area contributed by atoms with E-state index in [2.05, 4.69) is 9.47 Å². The molecule has 2 fully saturated rings. The molecule has 0 bridgehead atoms. The van der Waals surface area contributed by atoms with Gasteiger partial charge >= 0.3 is 23.9 Å². The van der Waals surface area contributed by atoms with Gasteiger partial charge in [0.2, 0.25) is 0 Å². The fourth-order valence-electron chi connectivity index (χ4n) is 1.54. The highest BCUT2D eigenvalue weighted by molar-refractivity contribution is 8.04. The van der Waals surface area contributed by atoms with Crippen LogP contribution in [0.5, 0.6) is 0 Å². The minimum atomic E-state index is -0.495. The number of cyclic esters (lactones) is 4. The molecule has 0 radical (unpaired) electrons. The Balaban J connectivity index is 1.64. The van der Waals surface area contributed by atoms with Crippen molar-refractivity contribution in [3.05, 3.63) is 0 Å². The van der Waals surface area contributed by atoms with Gasteiger partial charge in [-0.25, -0.2) is 0 Å². The predicted molar refractivity (Wildman–Crippen MR) is 63.9 cm³/mol. The number of hydrogen-bond donors (Lipinski definition) is 0. The van der Waals surface area contributed by atoms with Gasteiger partial charge in [-0.1, -0.05) is 0 Å². The van der Waals surface area contributed by atoms with E-state index in [0.717, 1.165) is 0 Å². The summed E-state index contributed by atoms with van der Waals surface area (Å²) in [5, 5.41) is -0.870. The van der Waals surface area contributed by atoms with Gasteiger partial charge in [0, 0.05) is 11.5 Å². The molecule has 2 rings (SSSR count). The van der Waals surface area contributed by atoms with Crippen molar-refractivity contribution in [3.8, 4) is 0 Å². The molecule has 2 atom stereocenters. The third kappa shape index (κ3) is 3.26. The van der Waals surface area contributed by atoms with Crippen LogP contribution >= 0.6 is 23.5 Å². The highest BCUT2D eigenvalue weighted by Gasteiger charge is 2.35. The number of esters is 4. The minimum absolute atomic E-state index is 0.109. The summed E-state index contributed by atoms with van der Waals surface area (Å²) in [6, 6.07) is 0. The zero-order valence-corrected chi connectivity index (χ0v) is 10.9. The molecule has 2 aliphatic rings. The maximum Gasteiger partial charge on any atom is 0.327 e. The van der Waals surface area contributed by atoms with Crippen molar-refractivity contribution in [2.45, 2.75) is 23.3 Å². The van der Waals surface area contributed by atoms with Gasteiger partial charge in [-0.15, -0.1) is 23.5 Å². The molecular formula is C10H10O6S2. The topological polar surface area (TPSA) is 86.7 Å². The Bertz CT molecular complexity index is 369. The first-order valence-corrected chi connectivity index (χ1v) is 7.38. The number of rotatable bonds is 5. The summed E-state index contributed by atoms with van der Waals surface area (Å²) in [5.41, 5.74) is 0. The van der Waals surface area contributed by atoms with Gasteiger partial charge in [0.05, 0.1) is 12.8 Å². The molecule has 0 aromatic rings. The van der Waals surface area contributed by atoms with Gasteiger partial charge in [-0.3, -0.25) is 19.2 Å². The van der Waals surface area contributed by atoms with Crippen LogP contribution in [0, 0.1) is 0 Å². The maximum atomic E-state index is 11.1. The maximum absolute atomic E-state index is 11.1. The lowest BCUT2D eigenvalue weighted by Crippen LogP contribution is -2.13. The van der Waals surface area contributed by atoms with Crippen LogP contribution in [-0.4, -0.2) is 45.9 Å². The lowest BCUT2D eigenvalue weighted by Gasteiger charge is -2.06. The molecule has 0 aliphatic carbocycles. The van der Waals surface area contributed by atoms with Crippen LogP contribution in [-0.2, 0) is 28.7 Å². The van der Waals surface area contributed by atoms with Gasteiger partial charge in [0.15, 0.2) is 0 Å². The summed E-state index contributed by atoms with van der Waals surface area (Å²) in [5.74, 6) is -0.758. The molecule has 2 unspecified atom stereocenters. The van der Waals surface area contributed by atoms with Crippen LogP contribution in [0.4, 0.5) is 0 Å². The lowest BCUT2D eigenvalue weighted by atomic mass is 10.4. The molecule has 18 heavy (non-hydrogen) atoms. The van der Waals surface area contributed by atoms with Crippen molar-refractivity contribution >= 4 is 47.4 Å². The van der Waals surface area contributed by atoms with Crippen molar-refractivity contribution < 1.29 is 28.7 Å². The van der Waals surface area contributed by atoms with E-state index in [-0.39, 0.29) is 12.8 Å². The monoisotopic (exact) mass is 290 g/mol. The molecule has 0 saturated carbocycles. The fraction of sp³-hybridized carbons (Fsp3) is 0.600. The highest BCUT2D eigenvalue weighted by Crippen LogP contribution is 2.27. The van der Waals surface area contributed by atoms with Crippen molar-refractivity contribution in [1.82, 2.24) is 0 Å². The second kappa shape index (κ2) is 5.75. The van der Waals surface area contributed by atoms with Crippen molar-refractivity contribution in [2.24, 2.45) is 0 Å². The van der Waals surface area contributed by atoms with Crippen LogP contribution in [0.25, 0.3) is 0 Å². The average Bonchev–Trinajstić information content (AvgIpc) is 2.77. The second-order valence-corrected chi connectivity index (χ2v) is 6.33. The first kappa shape index (κ1) is 13.4. The van der Waals surface area contributed by atoms with Crippen LogP contribution in [0.3, 0.4) is 0 Å². The van der Waals surface area contributed by atoms with Gasteiger partial charge in [-0.2, -0.15) is 0 Å². The van der Waals surface area contributed by atoms with Crippen LogP contribution in [0.15, 0.2) is 0 Å². The molecule has 2 aliphatic heterocycles. The van der Waals surface area contributed by atoms with E-state index in [4.69, 9.17) is 0 Å². The second-order valence-electron chi connectivity index (χ2n) is 3.71. The molecule has 0 aromatic carbocycles. The molecule has 0 amide bonds. The van der Waals surface area contributed by atoms with Crippen LogP contribution in [0.2, 0.25) is 0 Å². The number of carbonyl (C=O) groups is 4. The summed E-state index contributed by atoms with van der Waals surface area (Å²) < 4.78 is 8.82. The van der Waals surface area contributed by atoms with E-state index < -0.39 is 34.4 Å². The Labute approximate surface area is 111 Å². The summed E-state index contributed by atoms with van der Waals surface area (Å²) >= 11 is 2.66. The quantitative estimate of drug-likeness (QED) is 0.401. The predicted octanol–water partition coefficient (Wildman–Crippen LogP) is 0.137. The van der Waals surface area contributed by atoms with E-state index in [1.54, 1.807) is 0 Å². The third-order valence-electron chi connectivity index (χ3n) is 2.38. The van der Waals surface area contributed by atoms with Gasteiger partial charge < -0.3 is 9.47 Å². The Hall–Kier alpha value is -1.02. The number of carbonyl (C=O) groups excluding carboxylic acids is 4. The molecule has 8 heteroatoms. The Kier molecular flexibility index (Phi) is 4.28. The van der Waals surface area contributed by atoms with Gasteiger partial charge in [0.25, 0.3) is 0 Å². The normalized spacial score (nSPS) is 27.6. The Morgan fingerprint density at radius 3 is 1.50 bits per heavy atom. The molecular weight excluding hydrogens is 280 g/mol. The zero-order chi connectivity index (χ0) is 13.1. The average molecular weight is 290 g/mol. The summed E-state index contributed by atoms with van der Waals surface area (Å²) in [7, 11) is 0. The van der Waals surface area contributed by atoms with E-state index in [1.807, 2.05) is 0 Å². The fourth-order valence-corrected chi connectivity index (χ4v) is 3.76. The van der Waals surface area contributed by atoms with E-state index >= 15 is 0 Å². The standard InChI is InChI=1S/C10H10O6S2/c11-7-3-5(9(13)15-7)17-1-2-18-6-4-8(12)16-10(6)14/h5-6H,1-4H2. The Morgan fingerprint density at radius 1 is 0.833 bits per heavy atom. The van der Waals surface area contributed by atoms with E-state index in [9.17, 15) is 19.2 Å². The highest BCUT2D eigenvalue weighted by atomic mass is 32.2. The van der Waals surface area contributed by atoms with Gasteiger partial charge in [-0.05, 0) is 0 Å². The zero-order valence-electron chi connectivity index (χ0n) is 9.25. The van der Waals surface area contributed by atoms with Crippen molar-refractivity contribution in [1.29, 1.82) is 0 Å². The molecule has 0 spiro atoms. The first-order chi connectivity index (χ1) is 8.56. The molecule has 6 nitrogen and oxygen atoms in total. The van der Waals surface area contributed by atoms with Crippen molar-refractivity contribution in [3.63, 3.8) is 0 Å².